The molecule has 4 heteroatoms. The number of nitrogens with zero attached hydrogens (tertiary/aromatic N) is 2. The molecular formula is C15H17ClN2O. The van der Waals surface area contributed by atoms with Crippen molar-refractivity contribution in [2.75, 3.05) is 0 Å². The smallest absolute Gasteiger partial charge is 0.226 e. The minimum Gasteiger partial charge on any atom is -0.439 e. The second-order valence-corrected chi connectivity index (χ2v) is 4.99. The van der Waals surface area contributed by atoms with Crippen molar-refractivity contribution >= 4 is 11.6 Å². The predicted molar refractivity (Wildman–Crippen MR) is 77.0 cm³/mol. The van der Waals surface area contributed by atoms with E-state index in [1.54, 1.807) is 0 Å². The van der Waals surface area contributed by atoms with E-state index in [1.165, 1.54) is 11.9 Å². The third-order valence-electron chi connectivity index (χ3n) is 2.95. The Morgan fingerprint density at radius 2 is 2.05 bits per heavy atom. The average Bonchev–Trinajstić information content (AvgIpc) is 2.39. The van der Waals surface area contributed by atoms with Crippen molar-refractivity contribution < 1.29 is 4.74 Å². The molecule has 2 aromatic rings. The zero-order valence-electron chi connectivity index (χ0n) is 11.4. The summed E-state index contributed by atoms with van der Waals surface area (Å²) in [7, 11) is 0. The summed E-state index contributed by atoms with van der Waals surface area (Å²) in [5.41, 5.74) is 2.06. The molecule has 1 aromatic carbocycles. The molecule has 0 unspecified atom stereocenters. The molecule has 3 nitrogen and oxygen atoms in total. The van der Waals surface area contributed by atoms with Crippen LogP contribution in [-0.2, 0) is 6.42 Å². The maximum Gasteiger partial charge on any atom is 0.226 e. The van der Waals surface area contributed by atoms with E-state index < -0.39 is 0 Å². The normalized spacial score (nSPS) is 10.8. The summed E-state index contributed by atoms with van der Waals surface area (Å²) in [4.78, 5) is 8.13. The molecule has 0 fully saturated rings. The van der Waals surface area contributed by atoms with E-state index in [0.29, 0.717) is 17.0 Å². The van der Waals surface area contributed by atoms with Gasteiger partial charge in [-0.3, -0.25) is 0 Å². The van der Waals surface area contributed by atoms with Crippen molar-refractivity contribution in [3.63, 3.8) is 0 Å². The zero-order chi connectivity index (χ0) is 13.8. The van der Waals surface area contributed by atoms with Gasteiger partial charge in [-0.2, -0.15) is 0 Å². The van der Waals surface area contributed by atoms with Crippen molar-refractivity contribution in [1.82, 2.24) is 9.97 Å². The van der Waals surface area contributed by atoms with Gasteiger partial charge in [-0.15, -0.1) is 0 Å². The molecule has 100 valence electrons. The minimum atomic E-state index is 0.451. The lowest BCUT2D eigenvalue weighted by molar-refractivity contribution is 0.454. The van der Waals surface area contributed by atoms with Crippen molar-refractivity contribution in [3.8, 4) is 11.6 Å². The summed E-state index contributed by atoms with van der Waals surface area (Å²) in [6, 6.07) is 8.02. The van der Waals surface area contributed by atoms with Crippen LogP contribution < -0.4 is 4.74 Å². The molecule has 0 spiro atoms. The van der Waals surface area contributed by atoms with E-state index in [1.807, 2.05) is 25.1 Å². The average molecular weight is 277 g/mol. The van der Waals surface area contributed by atoms with Crippen LogP contribution in [-0.4, -0.2) is 9.97 Å². The number of ether oxygens (including phenoxy) is 1. The molecule has 0 saturated heterocycles. The minimum absolute atomic E-state index is 0.451. The van der Waals surface area contributed by atoms with E-state index in [9.17, 15) is 0 Å². The SMILES string of the molecule is CCc1c(Cl)ncnc1Oc1cccc(C(C)C)c1. The van der Waals surface area contributed by atoms with Gasteiger partial charge in [0.05, 0.1) is 5.56 Å². The van der Waals surface area contributed by atoms with Gasteiger partial charge in [0.1, 0.15) is 17.2 Å². The first-order valence-electron chi connectivity index (χ1n) is 6.39. The number of rotatable bonds is 4. The summed E-state index contributed by atoms with van der Waals surface area (Å²) in [6.07, 6.45) is 2.15. The highest BCUT2D eigenvalue weighted by atomic mass is 35.5. The summed E-state index contributed by atoms with van der Waals surface area (Å²) in [5, 5.41) is 0.451. The number of hydrogen-bond donors (Lipinski definition) is 0. The number of aromatic nitrogens is 2. The monoisotopic (exact) mass is 276 g/mol. The van der Waals surface area contributed by atoms with Crippen LogP contribution in [0.1, 0.15) is 37.8 Å². The van der Waals surface area contributed by atoms with Crippen LogP contribution in [0.2, 0.25) is 5.15 Å². The first-order chi connectivity index (χ1) is 9.11. The van der Waals surface area contributed by atoms with Gasteiger partial charge in [0.2, 0.25) is 5.88 Å². The first-order valence-corrected chi connectivity index (χ1v) is 6.76. The summed E-state index contributed by atoms with van der Waals surface area (Å²) >= 11 is 6.05. The number of hydrogen-bond acceptors (Lipinski definition) is 3. The Balaban J connectivity index is 2.31. The van der Waals surface area contributed by atoms with Crippen molar-refractivity contribution in [2.24, 2.45) is 0 Å². The molecule has 0 saturated carbocycles. The molecule has 2 rings (SSSR count). The Bertz CT molecular complexity index is 570. The highest BCUT2D eigenvalue weighted by Gasteiger charge is 2.10. The van der Waals surface area contributed by atoms with Gasteiger partial charge < -0.3 is 4.74 Å². The summed E-state index contributed by atoms with van der Waals surface area (Å²) in [6.45, 7) is 6.30. The summed E-state index contributed by atoms with van der Waals surface area (Å²) in [5.74, 6) is 1.77. The first kappa shape index (κ1) is 13.8. The zero-order valence-corrected chi connectivity index (χ0v) is 12.1. The van der Waals surface area contributed by atoms with E-state index in [-0.39, 0.29) is 0 Å². The van der Waals surface area contributed by atoms with Crippen LogP contribution in [0.4, 0.5) is 0 Å². The molecular weight excluding hydrogens is 260 g/mol. The molecule has 19 heavy (non-hydrogen) atoms. The molecule has 1 aromatic heterocycles. The molecule has 0 aliphatic carbocycles. The molecule has 0 aliphatic rings. The Kier molecular flexibility index (Phi) is 4.38. The lowest BCUT2D eigenvalue weighted by Crippen LogP contribution is -1.97. The number of halogens is 1. The van der Waals surface area contributed by atoms with Crippen molar-refractivity contribution in [3.05, 3.63) is 46.9 Å². The Morgan fingerprint density at radius 1 is 1.26 bits per heavy atom. The standard InChI is InChI=1S/C15H17ClN2O/c1-4-13-14(16)17-9-18-15(13)19-12-7-5-6-11(8-12)10(2)3/h5-10H,4H2,1-3H3. The van der Waals surface area contributed by atoms with Gasteiger partial charge in [-0.05, 0) is 30.0 Å². The van der Waals surface area contributed by atoms with Crippen LogP contribution in [0.3, 0.4) is 0 Å². The van der Waals surface area contributed by atoms with Gasteiger partial charge in [0.15, 0.2) is 0 Å². The molecule has 0 radical (unpaired) electrons. The van der Waals surface area contributed by atoms with Crippen LogP contribution in [0, 0.1) is 0 Å². The van der Waals surface area contributed by atoms with E-state index in [2.05, 4.69) is 29.9 Å². The van der Waals surface area contributed by atoms with Crippen molar-refractivity contribution in [1.29, 1.82) is 0 Å². The van der Waals surface area contributed by atoms with E-state index in [0.717, 1.165) is 17.7 Å². The van der Waals surface area contributed by atoms with E-state index in [4.69, 9.17) is 16.3 Å². The third kappa shape index (κ3) is 3.24. The largest absolute Gasteiger partial charge is 0.439 e. The lowest BCUT2D eigenvalue weighted by atomic mass is 10.0. The molecule has 0 N–H and O–H groups in total. The van der Waals surface area contributed by atoms with Gasteiger partial charge >= 0.3 is 0 Å². The van der Waals surface area contributed by atoms with Crippen LogP contribution in [0.5, 0.6) is 11.6 Å². The van der Waals surface area contributed by atoms with Gasteiger partial charge in [-0.25, -0.2) is 9.97 Å². The fraction of sp³-hybridized carbons (Fsp3) is 0.333. The van der Waals surface area contributed by atoms with Gasteiger partial charge in [-0.1, -0.05) is 44.5 Å². The second kappa shape index (κ2) is 6.02. The van der Waals surface area contributed by atoms with Crippen LogP contribution >= 0.6 is 11.6 Å². The molecule has 0 amide bonds. The third-order valence-corrected chi connectivity index (χ3v) is 3.27. The Morgan fingerprint density at radius 3 is 2.74 bits per heavy atom. The molecule has 1 heterocycles. The fourth-order valence-corrected chi connectivity index (χ4v) is 2.07. The molecule has 0 bridgehead atoms. The Hall–Kier alpha value is -1.61. The topological polar surface area (TPSA) is 35.0 Å². The molecule has 0 atom stereocenters. The van der Waals surface area contributed by atoms with Crippen LogP contribution in [0.15, 0.2) is 30.6 Å². The van der Waals surface area contributed by atoms with Crippen molar-refractivity contribution in [2.45, 2.75) is 33.1 Å². The predicted octanol–water partition coefficient (Wildman–Crippen LogP) is 4.61. The van der Waals surface area contributed by atoms with E-state index >= 15 is 0 Å². The van der Waals surface area contributed by atoms with Crippen LogP contribution in [0.25, 0.3) is 0 Å². The highest BCUT2D eigenvalue weighted by Crippen LogP contribution is 2.28. The van der Waals surface area contributed by atoms with Gasteiger partial charge in [0.25, 0.3) is 0 Å². The maximum absolute atomic E-state index is 6.05. The second-order valence-electron chi connectivity index (χ2n) is 4.63. The Labute approximate surface area is 118 Å². The van der Waals surface area contributed by atoms with Gasteiger partial charge in [0, 0.05) is 0 Å². The summed E-state index contributed by atoms with van der Waals surface area (Å²) < 4.78 is 5.84. The highest BCUT2D eigenvalue weighted by molar-refractivity contribution is 6.30. The quantitative estimate of drug-likeness (QED) is 0.765. The fourth-order valence-electron chi connectivity index (χ4n) is 1.81. The number of benzene rings is 1. The molecule has 0 aliphatic heterocycles. The maximum atomic E-state index is 6.05. The lowest BCUT2D eigenvalue weighted by Gasteiger charge is -2.11.